The lowest BCUT2D eigenvalue weighted by atomic mass is 10.0. The second kappa shape index (κ2) is 6.79. The third-order valence-corrected chi connectivity index (χ3v) is 4.29. The Kier molecular flexibility index (Phi) is 4.57. The van der Waals surface area contributed by atoms with Gasteiger partial charge in [-0.3, -0.25) is 19.5 Å². The van der Waals surface area contributed by atoms with Gasteiger partial charge >= 0.3 is 5.69 Å². The molecule has 2 heterocycles. The van der Waals surface area contributed by atoms with Gasteiger partial charge in [0.1, 0.15) is 0 Å². The number of carbonyl (C=O) groups is 1. The largest absolute Gasteiger partial charge is 0.342 e. The zero-order valence-electron chi connectivity index (χ0n) is 13.4. The number of aromatic amines is 2. The maximum absolute atomic E-state index is 12.5. The monoisotopic (exact) mass is 329 g/mol. The summed E-state index contributed by atoms with van der Waals surface area (Å²) < 4.78 is 0. The molecule has 1 aromatic heterocycles. The van der Waals surface area contributed by atoms with Crippen LogP contribution in [0.1, 0.15) is 16.1 Å². The second-order valence-corrected chi connectivity index (χ2v) is 5.93. The number of carbonyl (C=O) groups excluding carboxylic acids is 1. The first kappa shape index (κ1) is 16.1. The van der Waals surface area contributed by atoms with Gasteiger partial charge in [-0.25, -0.2) is 9.89 Å². The van der Waals surface area contributed by atoms with E-state index in [1.54, 1.807) is 4.90 Å². The molecular formula is C16H19N5O3. The third-order valence-electron chi connectivity index (χ3n) is 4.29. The Morgan fingerprint density at radius 3 is 2.71 bits per heavy atom. The molecule has 1 saturated heterocycles. The molecule has 1 fully saturated rings. The van der Waals surface area contributed by atoms with Crippen LogP contribution in [0.3, 0.4) is 0 Å². The minimum Gasteiger partial charge on any atom is -0.334 e. The second-order valence-electron chi connectivity index (χ2n) is 5.93. The summed E-state index contributed by atoms with van der Waals surface area (Å²) in [5.41, 5.74) is -0.569. The molecule has 0 radical (unpaired) electrons. The number of amides is 1. The third kappa shape index (κ3) is 3.43. The highest BCUT2D eigenvalue weighted by Crippen LogP contribution is 2.14. The van der Waals surface area contributed by atoms with Crippen molar-refractivity contribution in [3.63, 3.8) is 0 Å². The van der Waals surface area contributed by atoms with Crippen LogP contribution in [0.2, 0.25) is 0 Å². The summed E-state index contributed by atoms with van der Waals surface area (Å²) in [6, 6.07) is 10.2. The van der Waals surface area contributed by atoms with E-state index in [1.807, 2.05) is 30.2 Å². The van der Waals surface area contributed by atoms with Crippen molar-refractivity contribution in [1.29, 1.82) is 0 Å². The summed E-state index contributed by atoms with van der Waals surface area (Å²) in [5, 5.41) is 5.70. The van der Waals surface area contributed by atoms with Gasteiger partial charge in [0.15, 0.2) is 0 Å². The van der Waals surface area contributed by atoms with E-state index >= 15 is 0 Å². The lowest BCUT2D eigenvalue weighted by Gasteiger charge is -2.39. The number of nitrogens with one attached hydrogen (secondary N) is 2. The van der Waals surface area contributed by atoms with E-state index in [1.165, 1.54) is 5.56 Å². The summed E-state index contributed by atoms with van der Waals surface area (Å²) in [7, 11) is 2.03. The smallest absolute Gasteiger partial charge is 0.334 e. The Morgan fingerprint density at radius 2 is 2.00 bits per heavy atom. The van der Waals surface area contributed by atoms with Crippen LogP contribution in [0.4, 0.5) is 0 Å². The van der Waals surface area contributed by atoms with E-state index in [-0.39, 0.29) is 11.7 Å². The molecule has 2 aromatic rings. The molecule has 2 N–H and O–H groups in total. The first-order valence-electron chi connectivity index (χ1n) is 7.77. The van der Waals surface area contributed by atoms with E-state index in [0.29, 0.717) is 19.6 Å². The molecule has 0 bridgehead atoms. The highest BCUT2D eigenvalue weighted by atomic mass is 16.2. The minimum atomic E-state index is -0.762. The molecule has 1 atom stereocenters. The highest BCUT2D eigenvalue weighted by Gasteiger charge is 2.29. The summed E-state index contributed by atoms with van der Waals surface area (Å²) in [6.45, 7) is 1.73. The Morgan fingerprint density at radius 1 is 1.25 bits per heavy atom. The maximum atomic E-state index is 12.5. The topological polar surface area (TPSA) is 102 Å². The van der Waals surface area contributed by atoms with Gasteiger partial charge in [0.25, 0.3) is 11.5 Å². The number of benzene rings is 1. The van der Waals surface area contributed by atoms with Gasteiger partial charge in [-0.2, -0.15) is 5.10 Å². The first-order chi connectivity index (χ1) is 11.5. The minimum absolute atomic E-state index is 0.159. The highest BCUT2D eigenvalue weighted by molar-refractivity contribution is 5.91. The molecule has 1 aromatic carbocycles. The van der Waals surface area contributed by atoms with Crippen LogP contribution in [0.5, 0.6) is 0 Å². The fourth-order valence-corrected chi connectivity index (χ4v) is 2.88. The first-order valence-corrected chi connectivity index (χ1v) is 7.77. The summed E-state index contributed by atoms with van der Waals surface area (Å²) in [5.74, 6) is -0.460. The number of piperazine rings is 1. The number of hydrogen-bond acceptors (Lipinski definition) is 5. The van der Waals surface area contributed by atoms with Gasteiger partial charge in [0.05, 0.1) is 0 Å². The van der Waals surface area contributed by atoms with Crippen LogP contribution >= 0.6 is 0 Å². The van der Waals surface area contributed by atoms with Crippen LogP contribution in [-0.2, 0) is 6.42 Å². The fourth-order valence-electron chi connectivity index (χ4n) is 2.88. The molecule has 1 aliphatic rings. The quantitative estimate of drug-likeness (QED) is 0.787. The molecule has 1 amide bonds. The number of H-pyrrole nitrogens is 2. The Bertz CT molecular complexity index is 829. The predicted octanol–water partition coefficient (Wildman–Crippen LogP) is -0.543. The van der Waals surface area contributed by atoms with Crippen molar-refractivity contribution in [2.75, 3.05) is 26.7 Å². The van der Waals surface area contributed by atoms with E-state index in [9.17, 15) is 14.4 Å². The van der Waals surface area contributed by atoms with Gasteiger partial charge in [0.2, 0.25) is 5.69 Å². The van der Waals surface area contributed by atoms with Crippen molar-refractivity contribution in [2.45, 2.75) is 12.5 Å². The molecule has 0 aliphatic carbocycles. The molecule has 0 spiro atoms. The number of nitrogens with zero attached hydrogens (tertiary/aromatic N) is 3. The van der Waals surface area contributed by atoms with Crippen molar-refractivity contribution in [1.82, 2.24) is 25.0 Å². The van der Waals surface area contributed by atoms with Gasteiger partial charge in [0, 0.05) is 25.7 Å². The standard InChI is InChI=1S/C16H19N5O3/c1-20-7-8-21(10-12(20)9-11-5-3-2-4-6-11)15(23)13-14(22)17-16(24)19-18-13/h2-6,12H,7-10H2,1H3,(H2,17,19,22,24). The van der Waals surface area contributed by atoms with Gasteiger partial charge < -0.3 is 4.90 Å². The van der Waals surface area contributed by atoms with Crippen LogP contribution in [0, 0.1) is 0 Å². The molecule has 8 heteroatoms. The fraction of sp³-hybridized carbons (Fsp3) is 0.375. The molecule has 1 aliphatic heterocycles. The number of aromatic nitrogens is 3. The van der Waals surface area contributed by atoms with Gasteiger partial charge in [-0.05, 0) is 19.0 Å². The molecule has 1 unspecified atom stereocenters. The summed E-state index contributed by atoms with van der Waals surface area (Å²) in [4.78, 5) is 41.2. The molecule has 3 rings (SSSR count). The number of hydrogen-bond donors (Lipinski definition) is 2. The predicted molar refractivity (Wildman–Crippen MR) is 87.9 cm³/mol. The zero-order chi connectivity index (χ0) is 17.1. The van der Waals surface area contributed by atoms with E-state index in [2.05, 4.69) is 27.2 Å². The van der Waals surface area contributed by atoms with Crippen LogP contribution in [-0.4, -0.2) is 63.6 Å². The van der Waals surface area contributed by atoms with Crippen molar-refractivity contribution >= 4 is 5.91 Å². The Labute approximate surface area is 138 Å². The van der Waals surface area contributed by atoms with Crippen molar-refractivity contribution in [3.8, 4) is 0 Å². The lowest BCUT2D eigenvalue weighted by Crippen LogP contribution is -2.55. The average molecular weight is 329 g/mol. The molecular weight excluding hydrogens is 310 g/mol. The van der Waals surface area contributed by atoms with E-state index < -0.39 is 17.2 Å². The lowest BCUT2D eigenvalue weighted by molar-refractivity contribution is 0.0539. The Balaban J connectivity index is 1.76. The molecule has 24 heavy (non-hydrogen) atoms. The van der Waals surface area contributed by atoms with E-state index in [0.717, 1.165) is 6.42 Å². The molecule has 0 saturated carbocycles. The van der Waals surface area contributed by atoms with E-state index in [4.69, 9.17) is 0 Å². The van der Waals surface area contributed by atoms with Gasteiger partial charge in [-0.15, -0.1) is 0 Å². The average Bonchev–Trinajstić information content (AvgIpc) is 2.57. The van der Waals surface area contributed by atoms with Gasteiger partial charge in [-0.1, -0.05) is 30.3 Å². The van der Waals surface area contributed by atoms with Crippen LogP contribution < -0.4 is 11.2 Å². The Hall–Kier alpha value is -2.74. The van der Waals surface area contributed by atoms with Crippen molar-refractivity contribution < 1.29 is 4.79 Å². The normalized spacial score (nSPS) is 18.5. The molecule has 8 nitrogen and oxygen atoms in total. The summed E-state index contributed by atoms with van der Waals surface area (Å²) in [6.07, 6.45) is 0.816. The zero-order valence-corrected chi connectivity index (χ0v) is 13.4. The van der Waals surface area contributed by atoms with Crippen molar-refractivity contribution in [2.24, 2.45) is 0 Å². The van der Waals surface area contributed by atoms with Crippen LogP contribution in [0.15, 0.2) is 39.9 Å². The van der Waals surface area contributed by atoms with Crippen molar-refractivity contribution in [3.05, 3.63) is 62.4 Å². The summed E-state index contributed by atoms with van der Waals surface area (Å²) >= 11 is 0. The number of rotatable bonds is 3. The maximum Gasteiger partial charge on any atom is 0.342 e. The molecule has 126 valence electrons. The number of likely N-dealkylation sites (N-methyl/N-ethyl adjacent to an activating group) is 1. The SMILES string of the molecule is CN1CCN(C(=O)c2n[nH]c(=O)[nH]c2=O)CC1Cc1ccccc1. The van der Waals surface area contributed by atoms with Crippen LogP contribution in [0.25, 0.3) is 0 Å².